The molecule has 6 nitrogen and oxygen atoms in total. The molecule has 1 atom stereocenters. The Bertz CT molecular complexity index is 981. The maximum absolute atomic E-state index is 14.2. The van der Waals surface area contributed by atoms with Crippen LogP contribution in [0.4, 0.5) is 8.78 Å². The van der Waals surface area contributed by atoms with Gasteiger partial charge in [0.05, 0.1) is 23.8 Å². The van der Waals surface area contributed by atoms with E-state index in [9.17, 15) is 13.6 Å². The zero-order valence-corrected chi connectivity index (χ0v) is 14.6. The van der Waals surface area contributed by atoms with E-state index in [4.69, 9.17) is 14.2 Å². The van der Waals surface area contributed by atoms with Crippen LogP contribution in [0.5, 0.6) is 17.4 Å². The molecule has 1 aromatic heterocycles. The third-order valence-electron chi connectivity index (χ3n) is 3.53. The number of rotatable bonds is 6. The van der Waals surface area contributed by atoms with Gasteiger partial charge >= 0.3 is 5.97 Å². The van der Waals surface area contributed by atoms with Crippen molar-refractivity contribution in [2.45, 2.75) is 20.0 Å². The van der Waals surface area contributed by atoms with Crippen molar-refractivity contribution in [2.75, 3.05) is 6.61 Å². The number of fused-ring (bicyclic) bond motifs is 1. The van der Waals surface area contributed by atoms with Crippen molar-refractivity contribution < 1.29 is 27.8 Å². The van der Waals surface area contributed by atoms with Crippen molar-refractivity contribution in [2.24, 2.45) is 0 Å². The maximum atomic E-state index is 14.2. The van der Waals surface area contributed by atoms with Crippen LogP contribution in [0.25, 0.3) is 11.0 Å². The maximum Gasteiger partial charge on any atom is 0.347 e. The van der Waals surface area contributed by atoms with Gasteiger partial charge in [-0.2, -0.15) is 0 Å². The normalized spacial score (nSPS) is 11.9. The Balaban J connectivity index is 1.74. The number of benzene rings is 2. The summed E-state index contributed by atoms with van der Waals surface area (Å²) in [4.78, 5) is 19.8. The molecule has 0 aliphatic rings. The summed E-state index contributed by atoms with van der Waals surface area (Å²) in [5.41, 5.74) is 0.822. The van der Waals surface area contributed by atoms with E-state index in [1.54, 1.807) is 6.92 Å². The summed E-state index contributed by atoms with van der Waals surface area (Å²) in [6.45, 7) is 3.35. The lowest BCUT2D eigenvalue weighted by molar-refractivity contribution is -0.150. The fraction of sp³-hybridized carbons (Fsp3) is 0.211. The van der Waals surface area contributed by atoms with E-state index in [0.717, 1.165) is 6.07 Å². The van der Waals surface area contributed by atoms with Gasteiger partial charge in [-0.15, -0.1) is 0 Å². The summed E-state index contributed by atoms with van der Waals surface area (Å²) in [5.74, 6) is -1.52. The topological polar surface area (TPSA) is 70.5 Å². The molecule has 0 saturated heterocycles. The zero-order valence-electron chi connectivity index (χ0n) is 14.6. The standard InChI is InChI=1S/C19H16F2N2O4/c1-3-25-19(24)11(2)26-17-7-5-13(9-14(17)21)27-18-10-22-16-8-12(20)4-6-15(16)23-18/h4-11H,3H2,1-2H3. The number of ether oxygens (including phenoxy) is 3. The average Bonchev–Trinajstić information content (AvgIpc) is 2.64. The first-order valence-corrected chi connectivity index (χ1v) is 8.19. The quantitative estimate of drug-likeness (QED) is 0.607. The molecular formula is C19H16F2N2O4. The first-order chi connectivity index (χ1) is 13.0. The molecule has 27 heavy (non-hydrogen) atoms. The van der Waals surface area contributed by atoms with Crippen molar-refractivity contribution in [3.05, 3.63) is 54.2 Å². The summed E-state index contributed by atoms with van der Waals surface area (Å²) in [7, 11) is 0. The van der Waals surface area contributed by atoms with Gasteiger partial charge in [0.1, 0.15) is 11.6 Å². The first kappa shape index (κ1) is 18.5. The van der Waals surface area contributed by atoms with Gasteiger partial charge in [-0.25, -0.2) is 23.5 Å². The Morgan fingerprint density at radius 3 is 2.70 bits per heavy atom. The van der Waals surface area contributed by atoms with Crippen LogP contribution in [0.3, 0.4) is 0 Å². The highest BCUT2D eigenvalue weighted by atomic mass is 19.1. The Hall–Kier alpha value is -3.29. The fourth-order valence-electron chi connectivity index (χ4n) is 2.28. The summed E-state index contributed by atoms with van der Waals surface area (Å²) in [5, 5.41) is 0. The monoisotopic (exact) mass is 374 g/mol. The molecular weight excluding hydrogens is 358 g/mol. The van der Waals surface area contributed by atoms with Gasteiger partial charge in [-0.05, 0) is 38.1 Å². The first-order valence-electron chi connectivity index (χ1n) is 8.19. The Morgan fingerprint density at radius 2 is 1.96 bits per heavy atom. The largest absolute Gasteiger partial charge is 0.476 e. The number of halogens is 2. The molecule has 3 aromatic rings. The summed E-state index contributed by atoms with van der Waals surface area (Å²) in [6.07, 6.45) is 0.366. The average molecular weight is 374 g/mol. The minimum Gasteiger partial charge on any atom is -0.476 e. The van der Waals surface area contributed by atoms with Crippen molar-refractivity contribution in [3.8, 4) is 17.4 Å². The number of hydrogen-bond donors (Lipinski definition) is 0. The Labute approximate surface area is 153 Å². The molecule has 3 rings (SSSR count). The van der Waals surface area contributed by atoms with Crippen LogP contribution in [-0.4, -0.2) is 28.6 Å². The molecule has 0 N–H and O–H groups in total. The molecule has 0 aliphatic heterocycles. The van der Waals surface area contributed by atoms with Gasteiger partial charge in [0, 0.05) is 12.1 Å². The van der Waals surface area contributed by atoms with Crippen molar-refractivity contribution >= 4 is 17.0 Å². The minimum atomic E-state index is -0.946. The van der Waals surface area contributed by atoms with Crippen LogP contribution in [0, 0.1) is 11.6 Å². The fourth-order valence-corrected chi connectivity index (χ4v) is 2.28. The Kier molecular flexibility index (Phi) is 5.44. The predicted octanol–water partition coefficient (Wildman–Crippen LogP) is 4.03. The SMILES string of the molecule is CCOC(=O)C(C)Oc1ccc(Oc2cnc3cc(F)ccc3n2)cc1F. The molecule has 1 unspecified atom stereocenters. The van der Waals surface area contributed by atoms with E-state index in [1.165, 1.54) is 43.5 Å². The van der Waals surface area contributed by atoms with Crippen molar-refractivity contribution in [1.82, 2.24) is 9.97 Å². The number of nitrogens with zero attached hydrogens (tertiary/aromatic N) is 2. The number of carbonyl (C=O) groups excluding carboxylic acids is 1. The van der Waals surface area contributed by atoms with Gasteiger partial charge in [-0.1, -0.05) is 0 Å². The summed E-state index contributed by atoms with van der Waals surface area (Å²) >= 11 is 0. The highest BCUT2D eigenvalue weighted by Crippen LogP contribution is 2.27. The van der Waals surface area contributed by atoms with Crippen molar-refractivity contribution in [1.29, 1.82) is 0 Å². The number of hydrogen-bond acceptors (Lipinski definition) is 6. The van der Waals surface area contributed by atoms with Crippen LogP contribution < -0.4 is 9.47 Å². The molecule has 0 fully saturated rings. The molecule has 8 heteroatoms. The molecule has 0 saturated carbocycles. The predicted molar refractivity (Wildman–Crippen MR) is 92.7 cm³/mol. The van der Waals surface area contributed by atoms with E-state index < -0.39 is 23.7 Å². The molecule has 0 amide bonds. The number of carbonyl (C=O) groups is 1. The van der Waals surface area contributed by atoms with Gasteiger partial charge in [-0.3, -0.25) is 0 Å². The van der Waals surface area contributed by atoms with Crippen LogP contribution in [0.1, 0.15) is 13.8 Å². The van der Waals surface area contributed by atoms with E-state index >= 15 is 0 Å². The van der Waals surface area contributed by atoms with Gasteiger partial charge in [0.15, 0.2) is 17.7 Å². The third-order valence-corrected chi connectivity index (χ3v) is 3.53. The van der Waals surface area contributed by atoms with Crippen LogP contribution in [0.15, 0.2) is 42.6 Å². The van der Waals surface area contributed by atoms with Gasteiger partial charge in [0.2, 0.25) is 5.88 Å². The Morgan fingerprint density at radius 1 is 1.15 bits per heavy atom. The van der Waals surface area contributed by atoms with Crippen molar-refractivity contribution in [3.63, 3.8) is 0 Å². The van der Waals surface area contributed by atoms with E-state index in [-0.39, 0.29) is 24.0 Å². The number of aromatic nitrogens is 2. The third kappa shape index (κ3) is 4.46. The molecule has 140 valence electrons. The second kappa shape index (κ2) is 7.94. The van der Waals surface area contributed by atoms with Crippen LogP contribution in [-0.2, 0) is 9.53 Å². The molecule has 1 heterocycles. The molecule has 0 aliphatic carbocycles. The van der Waals surface area contributed by atoms with Crippen LogP contribution in [0.2, 0.25) is 0 Å². The second-order valence-electron chi connectivity index (χ2n) is 5.55. The van der Waals surface area contributed by atoms with E-state index in [2.05, 4.69) is 9.97 Å². The molecule has 0 bridgehead atoms. The second-order valence-corrected chi connectivity index (χ2v) is 5.55. The highest BCUT2D eigenvalue weighted by molar-refractivity contribution is 5.75. The van der Waals surface area contributed by atoms with E-state index in [0.29, 0.717) is 11.0 Å². The molecule has 0 spiro atoms. The lowest BCUT2D eigenvalue weighted by Crippen LogP contribution is -2.26. The van der Waals surface area contributed by atoms with Gasteiger partial charge < -0.3 is 14.2 Å². The van der Waals surface area contributed by atoms with Crippen LogP contribution >= 0.6 is 0 Å². The molecule has 2 aromatic carbocycles. The van der Waals surface area contributed by atoms with Gasteiger partial charge in [0.25, 0.3) is 0 Å². The van der Waals surface area contributed by atoms with E-state index in [1.807, 2.05) is 0 Å². The molecule has 0 radical (unpaired) electrons. The minimum absolute atomic E-state index is 0.108. The highest BCUT2D eigenvalue weighted by Gasteiger charge is 2.18. The lowest BCUT2D eigenvalue weighted by Gasteiger charge is -2.14. The summed E-state index contributed by atoms with van der Waals surface area (Å²) < 4.78 is 43.0. The zero-order chi connectivity index (χ0) is 19.4. The smallest absolute Gasteiger partial charge is 0.347 e. The number of esters is 1. The lowest BCUT2D eigenvalue weighted by atomic mass is 10.3. The summed E-state index contributed by atoms with van der Waals surface area (Å²) in [6, 6.07) is 7.89.